The molecule has 3 rings (SSSR count). The smallest absolute Gasteiger partial charge is 0.266 e. The maximum Gasteiger partial charge on any atom is 0.266 e. The number of carbonyl (C=O) groups excluding carboxylic acids is 1. The van der Waals surface area contributed by atoms with E-state index in [1.165, 1.54) is 37.5 Å². The van der Waals surface area contributed by atoms with Gasteiger partial charge in [0.15, 0.2) is 11.5 Å². The normalized spacial score (nSPS) is 11.4. The molecule has 0 unspecified atom stereocenters. The van der Waals surface area contributed by atoms with Crippen LogP contribution in [0.15, 0.2) is 83.3 Å². The van der Waals surface area contributed by atoms with Crippen molar-refractivity contribution in [2.24, 2.45) is 5.14 Å². The van der Waals surface area contributed by atoms with E-state index < -0.39 is 15.9 Å². The molecule has 1 amide bonds. The molecule has 0 aliphatic rings. The zero-order valence-electron chi connectivity index (χ0n) is 17.7. The van der Waals surface area contributed by atoms with Gasteiger partial charge in [-0.2, -0.15) is 5.26 Å². The van der Waals surface area contributed by atoms with Crippen molar-refractivity contribution < 1.29 is 22.7 Å². The van der Waals surface area contributed by atoms with Gasteiger partial charge in [0.1, 0.15) is 18.2 Å². The number of nitriles is 1. The van der Waals surface area contributed by atoms with Gasteiger partial charge in [-0.25, -0.2) is 13.6 Å². The van der Waals surface area contributed by atoms with Crippen LogP contribution >= 0.6 is 0 Å². The highest BCUT2D eigenvalue weighted by atomic mass is 32.2. The molecule has 0 heterocycles. The topological polar surface area (TPSA) is 132 Å². The first kappa shape index (κ1) is 23.5. The Hall–Kier alpha value is -4.13. The fraction of sp³-hybridized carbons (Fsp3) is 0.0833. The van der Waals surface area contributed by atoms with Crippen LogP contribution in [0, 0.1) is 11.3 Å². The number of amides is 1. The summed E-state index contributed by atoms with van der Waals surface area (Å²) in [6.07, 6.45) is 1.42. The molecule has 3 aromatic carbocycles. The van der Waals surface area contributed by atoms with Crippen LogP contribution in [0.25, 0.3) is 6.08 Å². The van der Waals surface area contributed by atoms with Crippen LogP contribution in [0.1, 0.15) is 11.1 Å². The molecule has 0 fully saturated rings. The van der Waals surface area contributed by atoms with E-state index in [9.17, 15) is 18.5 Å². The molecule has 0 aliphatic carbocycles. The predicted molar refractivity (Wildman–Crippen MR) is 124 cm³/mol. The molecule has 8 nitrogen and oxygen atoms in total. The number of methoxy groups -OCH3 is 1. The second kappa shape index (κ2) is 10.5. The highest BCUT2D eigenvalue weighted by Crippen LogP contribution is 2.30. The Balaban J connectivity index is 1.78. The summed E-state index contributed by atoms with van der Waals surface area (Å²) in [6.45, 7) is 0.324. The van der Waals surface area contributed by atoms with Crippen LogP contribution in [-0.2, 0) is 21.4 Å². The summed E-state index contributed by atoms with van der Waals surface area (Å²) in [6, 6.07) is 21.8. The van der Waals surface area contributed by atoms with Crippen LogP contribution in [0.4, 0.5) is 5.69 Å². The molecule has 168 valence electrons. The van der Waals surface area contributed by atoms with Gasteiger partial charge in [-0.05, 0) is 53.6 Å². The lowest BCUT2D eigenvalue weighted by molar-refractivity contribution is -0.112. The Morgan fingerprint density at radius 3 is 2.36 bits per heavy atom. The number of benzene rings is 3. The van der Waals surface area contributed by atoms with Crippen LogP contribution in [0.5, 0.6) is 11.5 Å². The molecular weight excluding hydrogens is 442 g/mol. The molecule has 0 saturated heterocycles. The minimum absolute atomic E-state index is 0.0854. The first-order valence-electron chi connectivity index (χ1n) is 9.71. The molecule has 0 spiro atoms. The molecule has 0 atom stereocenters. The second-order valence-electron chi connectivity index (χ2n) is 6.88. The molecule has 33 heavy (non-hydrogen) atoms. The minimum atomic E-state index is -3.84. The Morgan fingerprint density at radius 1 is 1.06 bits per heavy atom. The van der Waals surface area contributed by atoms with Gasteiger partial charge in [0.2, 0.25) is 10.0 Å². The molecule has 0 aliphatic heterocycles. The van der Waals surface area contributed by atoms with Crippen LogP contribution in [0.2, 0.25) is 0 Å². The standard InChI is InChI=1S/C24H21N3O5S/c1-31-22-12-7-18(14-23(22)32-16-17-5-3-2-4-6-17)13-19(15-25)24(28)27-20-8-10-21(11-9-20)33(26,29)30/h2-14H,16H2,1H3,(H,27,28)(H2,26,29,30)/b19-13-. The van der Waals surface area contributed by atoms with E-state index in [1.54, 1.807) is 18.2 Å². The van der Waals surface area contributed by atoms with Gasteiger partial charge in [-0.1, -0.05) is 36.4 Å². The van der Waals surface area contributed by atoms with Gasteiger partial charge in [0.05, 0.1) is 12.0 Å². The lowest BCUT2D eigenvalue weighted by atomic mass is 10.1. The zero-order chi connectivity index (χ0) is 23.8. The summed E-state index contributed by atoms with van der Waals surface area (Å²) in [4.78, 5) is 12.5. The number of ether oxygens (including phenoxy) is 2. The largest absolute Gasteiger partial charge is 0.493 e. The number of carbonyl (C=O) groups is 1. The molecule has 3 aromatic rings. The molecule has 0 bridgehead atoms. The monoisotopic (exact) mass is 463 g/mol. The summed E-state index contributed by atoms with van der Waals surface area (Å²) in [7, 11) is -2.32. The number of nitrogens with one attached hydrogen (secondary N) is 1. The van der Waals surface area contributed by atoms with Gasteiger partial charge >= 0.3 is 0 Å². The third kappa shape index (κ3) is 6.43. The molecular formula is C24H21N3O5S. The van der Waals surface area contributed by atoms with Crippen molar-refractivity contribution in [2.75, 3.05) is 12.4 Å². The van der Waals surface area contributed by atoms with Gasteiger partial charge in [0.25, 0.3) is 5.91 Å². The zero-order valence-corrected chi connectivity index (χ0v) is 18.5. The maximum atomic E-state index is 12.5. The Kier molecular flexibility index (Phi) is 7.46. The quantitative estimate of drug-likeness (QED) is 0.388. The van der Waals surface area contributed by atoms with E-state index in [4.69, 9.17) is 14.6 Å². The number of primary sulfonamides is 1. The van der Waals surface area contributed by atoms with Crippen molar-refractivity contribution in [1.29, 1.82) is 5.26 Å². The Bertz CT molecular complexity index is 1310. The summed E-state index contributed by atoms with van der Waals surface area (Å²) in [5.41, 5.74) is 1.71. The highest BCUT2D eigenvalue weighted by molar-refractivity contribution is 7.89. The number of anilines is 1. The minimum Gasteiger partial charge on any atom is -0.493 e. The van der Waals surface area contributed by atoms with Crippen molar-refractivity contribution in [3.8, 4) is 17.6 Å². The molecule has 0 saturated carbocycles. The van der Waals surface area contributed by atoms with E-state index in [0.29, 0.717) is 29.4 Å². The number of rotatable bonds is 8. The number of hydrogen-bond acceptors (Lipinski definition) is 6. The Labute approximate surface area is 191 Å². The Morgan fingerprint density at radius 2 is 1.76 bits per heavy atom. The van der Waals surface area contributed by atoms with Crippen molar-refractivity contribution in [3.63, 3.8) is 0 Å². The first-order valence-corrected chi connectivity index (χ1v) is 11.3. The number of nitrogens with zero attached hydrogens (tertiary/aromatic N) is 1. The van der Waals surface area contributed by atoms with E-state index >= 15 is 0 Å². The fourth-order valence-corrected chi connectivity index (χ4v) is 3.39. The fourth-order valence-electron chi connectivity index (χ4n) is 2.87. The van der Waals surface area contributed by atoms with Crippen molar-refractivity contribution >= 4 is 27.7 Å². The van der Waals surface area contributed by atoms with Gasteiger partial charge in [0, 0.05) is 5.69 Å². The van der Waals surface area contributed by atoms with Gasteiger partial charge in [-0.15, -0.1) is 0 Å². The van der Waals surface area contributed by atoms with Crippen molar-refractivity contribution in [3.05, 3.63) is 89.5 Å². The second-order valence-corrected chi connectivity index (χ2v) is 8.44. The van der Waals surface area contributed by atoms with Crippen LogP contribution in [0.3, 0.4) is 0 Å². The van der Waals surface area contributed by atoms with Gasteiger partial charge < -0.3 is 14.8 Å². The van der Waals surface area contributed by atoms with E-state index in [2.05, 4.69) is 5.32 Å². The lowest BCUT2D eigenvalue weighted by Gasteiger charge is -2.12. The van der Waals surface area contributed by atoms with E-state index in [0.717, 1.165) is 5.56 Å². The van der Waals surface area contributed by atoms with Crippen molar-refractivity contribution in [1.82, 2.24) is 0 Å². The number of hydrogen-bond donors (Lipinski definition) is 2. The predicted octanol–water partition coefficient (Wildman–Crippen LogP) is 3.47. The third-order valence-electron chi connectivity index (χ3n) is 4.54. The molecule has 9 heteroatoms. The van der Waals surface area contributed by atoms with Crippen LogP contribution in [-0.4, -0.2) is 21.4 Å². The van der Waals surface area contributed by atoms with Crippen molar-refractivity contribution in [2.45, 2.75) is 11.5 Å². The lowest BCUT2D eigenvalue weighted by Crippen LogP contribution is -2.14. The first-order chi connectivity index (χ1) is 15.8. The molecule has 0 aromatic heterocycles. The third-order valence-corrected chi connectivity index (χ3v) is 5.47. The summed E-state index contributed by atoms with van der Waals surface area (Å²) in [5.74, 6) is 0.329. The average molecular weight is 464 g/mol. The highest BCUT2D eigenvalue weighted by Gasteiger charge is 2.13. The summed E-state index contributed by atoms with van der Waals surface area (Å²) >= 11 is 0. The van der Waals surface area contributed by atoms with E-state index in [1.807, 2.05) is 36.4 Å². The van der Waals surface area contributed by atoms with E-state index in [-0.39, 0.29) is 10.5 Å². The number of nitrogens with two attached hydrogens (primary N) is 1. The molecule has 3 N–H and O–H groups in total. The van der Waals surface area contributed by atoms with Crippen LogP contribution < -0.4 is 19.9 Å². The summed E-state index contributed by atoms with van der Waals surface area (Å²) in [5, 5.41) is 17.1. The van der Waals surface area contributed by atoms with Gasteiger partial charge in [-0.3, -0.25) is 4.79 Å². The molecule has 0 radical (unpaired) electrons. The summed E-state index contributed by atoms with van der Waals surface area (Å²) < 4.78 is 33.9. The SMILES string of the molecule is COc1ccc(/C=C(/C#N)C(=O)Nc2ccc(S(N)(=O)=O)cc2)cc1OCc1ccccc1. The average Bonchev–Trinajstić information content (AvgIpc) is 2.81. The maximum absolute atomic E-state index is 12.5. The number of sulfonamides is 1.